The van der Waals surface area contributed by atoms with E-state index in [1.54, 1.807) is 30.0 Å². The Balaban J connectivity index is 1.42. The van der Waals surface area contributed by atoms with E-state index in [9.17, 15) is 13.2 Å². The number of morpholine rings is 1. The summed E-state index contributed by atoms with van der Waals surface area (Å²) in [4.78, 5) is 16.3. The Morgan fingerprint density at radius 2 is 1.81 bits per heavy atom. The highest BCUT2D eigenvalue weighted by atomic mass is 32.2. The number of amides is 1. The lowest BCUT2D eigenvalue weighted by molar-refractivity contribution is -0.117. The number of aryl methyl sites for hydroxylation is 1. The van der Waals surface area contributed by atoms with Crippen molar-refractivity contribution in [2.45, 2.75) is 37.8 Å². The van der Waals surface area contributed by atoms with E-state index < -0.39 is 10.0 Å². The van der Waals surface area contributed by atoms with Gasteiger partial charge in [-0.05, 0) is 48.2 Å². The van der Waals surface area contributed by atoms with Crippen LogP contribution in [0.25, 0.3) is 0 Å². The number of nitrogens with one attached hydrogen (secondary N) is 1. The highest BCUT2D eigenvalue weighted by Gasteiger charge is 2.24. The average Bonchev–Trinajstić information content (AvgIpc) is 3.19. The number of nitrogens with zero attached hydrogens (tertiary/aromatic N) is 2. The Bertz CT molecular complexity index is 1050. The van der Waals surface area contributed by atoms with Crippen LogP contribution in [-0.4, -0.2) is 52.1 Å². The van der Waals surface area contributed by atoms with Crippen molar-refractivity contribution in [3.8, 4) is 0 Å². The third kappa shape index (κ3) is 5.33. The average molecular weight is 444 g/mol. The SMILES string of the molecule is Cc1cc(N2CCCC2=O)ccc1S(=O)(=O)NCc1cccc(CN2CCOCC2)c1. The maximum Gasteiger partial charge on any atom is 0.241 e. The van der Waals surface area contributed by atoms with Gasteiger partial charge in [-0.3, -0.25) is 9.69 Å². The van der Waals surface area contributed by atoms with Gasteiger partial charge in [-0.25, -0.2) is 13.1 Å². The smallest absolute Gasteiger partial charge is 0.241 e. The summed E-state index contributed by atoms with van der Waals surface area (Å²) in [7, 11) is -3.66. The number of ether oxygens (including phenoxy) is 1. The van der Waals surface area contributed by atoms with E-state index in [1.807, 2.05) is 18.2 Å². The van der Waals surface area contributed by atoms with Gasteiger partial charge in [0.25, 0.3) is 0 Å². The van der Waals surface area contributed by atoms with Gasteiger partial charge in [-0.1, -0.05) is 24.3 Å². The molecule has 0 aliphatic carbocycles. The standard InChI is InChI=1S/C23H29N3O4S/c1-18-14-21(26-9-3-6-23(26)27)7-8-22(18)31(28,29)24-16-19-4-2-5-20(15-19)17-25-10-12-30-13-11-25/h2,4-5,7-8,14-15,24H,3,6,9-13,16-17H2,1H3. The summed E-state index contributed by atoms with van der Waals surface area (Å²) in [6.07, 6.45) is 1.38. The second-order valence-electron chi connectivity index (χ2n) is 8.13. The first kappa shape index (κ1) is 22.0. The van der Waals surface area contributed by atoms with Gasteiger partial charge < -0.3 is 9.64 Å². The van der Waals surface area contributed by atoms with Gasteiger partial charge in [-0.15, -0.1) is 0 Å². The van der Waals surface area contributed by atoms with Crippen LogP contribution in [0.4, 0.5) is 5.69 Å². The molecular weight excluding hydrogens is 414 g/mol. The zero-order valence-electron chi connectivity index (χ0n) is 17.8. The molecule has 0 aromatic heterocycles. The van der Waals surface area contributed by atoms with Crippen LogP contribution in [0.3, 0.4) is 0 Å². The number of hydrogen-bond donors (Lipinski definition) is 1. The maximum atomic E-state index is 12.9. The van der Waals surface area contributed by atoms with E-state index in [0.29, 0.717) is 18.5 Å². The third-order valence-electron chi connectivity index (χ3n) is 5.80. The van der Waals surface area contributed by atoms with Gasteiger partial charge in [0.05, 0.1) is 18.1 Å². The van der Waals surface area contributed by atoms with Crippen LogP contribution in [-0.2, 0) is 32.6 Å². The van der Waals surface area contributed by atoms with Crippen molar-refractivity contribution in [2.75, 3.05) is 37.7 Å². The molecule has 2 fully saturated rings. The van der Waals surface area contributed by atoms with Gasteiger partial charge in [0, 0.05) is 44.8 Å². The molecule has 4 rings (SSSR count). The van der Waals surface area contributed by atoms with Crippen molar-refractivity contribution in [2.24, 2.45) is 0 Å². The summed E-state index contributed by atoms with van der Waals surface area (Å²) >= 11 is 0. The minimum absolute atomic E-state index is 0.0880. The summed E-state index contributed by atoms with van der Waals surface area (Å²) in [5.74, 6) is 0.0880. The number of benzene rings is 2. The zero-order valence-corrected chi connectivity index (χ0v) is 18.7. The van der Waals surface area contributed by atoms with Crippen molar-refractivity contribution in [1.82, 2.24) is 9.62 Å². The molecule has 0 bridgehead atoms. The Morgan fingerprint density at radius 1 is 1.03 bits per heavy atom. The van der Waals surface area contributed by atoms with Crippen molar-refractivity contribution in [1.29, 1.82) is 0 Å². The minimum Gasteiger partial charge on any atom is -0.379 e. The summed E-state index contributed by atoms with van der Waals surface area (Å²) in [6, 6.07) is 13.1. The first-order valence-corrected chi connectivity index (χ1v) is 12.2. The van der Waals surface area contributed by atoms with Crippen LogP contribution in [0.15, 0.2) is 47.4 Å². The fourth-order valence-electron chi connectivity index (χ4n) is 4.14. The van der Waals surface area contributed by atoms with Crippen molar-refractivity contribution in [3.63, 3.8) is 0 Å². The van der Waals surface area contributed by atoms with Gasteiger partial charge >= 0.3 is 0 Å². The van der Waals surface area contributed by atoms with Crippen LogP contribution < -0.4 is 9.62 Å². The molecule has 0 saturated carbocycles. The number of anilines is 1. The number of sulfonamides is 1. The molecule has 31 heavy (non-hydrogen) atoms. The number of carbonyl (C=O) groups is 1. The van der Waals surface area contributed by atoms with Crippen LogP contribution in [0.2, 0.25) is 0 Å². The molecule has 8 heteroatoms. The predicted octanol–water partition coefficient (Wildman–Crippen LogP) is 2.43. The van der Waals surface area contributed by atoms with Crippen LogP contribution in [0, 0.1) is 6.92 Å². The molecule has 2 aromatic carbocycles. The number of rotatable bonds is 7. The van der Waals surface area contributed by atoms with Gasteiger partial charge in [0.2, 0.25) is 15.9 Å². The first-order chi connectivity index (χ1) is 14.9. The number of carbonyl (C=O) groups excluding carboxylic acids is 1. The quantitative estimate of drug-likeness (QED) is 0.711. The summed E-state index contributed by atoms with van der Waals surface area (Å²) in [5.41, 5.74) is 3.47. The van der Waals surface area contributed by atoms with E-state index >= 15 is 0 Å². The molecule has 2 aliphatic heterocycles. The van der Waals surface area contributed by atoms with Gasteiger partial charge in [0.15, 0.2) is 0 Å². The molecule has 166 valence electrons. The van der Waals surface area contributed by atoms with Crippen molar-refractivity contribution in [3.05, 3.63) is 59.2 Å². The predicted molar refractivity (Wildman–Crippen MR) is 119 cm³/mol. The summed E-state index contributed by atoms with van der Waals surface area (Å²) < 4.78 is 33.9. The molecule has 0 radical (unpaired) electrons. The molecule has 1 N–H and O–H groups in total. The van der Waals surface area contributed by atoms with Crippen LogP contribution >= 0.6 is 0 Å². The lowest BCUT2D eigenvalue weighted by Crippen LogP contribution is -2.35. The van der Waals surface area contributed by atoms with Gasteiger partial charge in [-0.2, -0.15) is 0 Å². The Hall–Kier alpha value is -2.26. The molecule has 0 spiro atoms. The molecule has 7 nitrogen and oxygen atoms in total. The van der Waals surface area contributed by atoms with E-state index in [0.717, 1.165) is 56.1 Å². The van der Waals surface area contributed by atoms with E-state index in [4.69, 9.17) is 4.74 Å². The van der Waals surface area contributed by atoms with Crippen molar-refractivity contribution >= 4 is 21.6 Å². The van der Waals surface area contributed by atoms with Gasteiger partial charge in [0.1, 0.15) is 0 Å². The molecule has 2 aliphatic rings. The fourth-order valence-corrected chi connectivity index (χ4v) is 5.38. The second kappa shape index (κ2) is 9.48. The molecule has 2 heterocycles. The molecular formula is C23H29N3O4S. The first-order valence-electron chi connectivity index (χ1n) is 10.7. The molecule has 0 unspecified atom stereocenters. The van der Waals surface area contributed by atoms with E-state index in [2.05, 4.69) is 15.7 Å². The zero-order chi connectivity index (χ0) is 21.8. The maximum absolute atomic E-state index is 12.9. The van der Waals surface area contributed by atoms with E-state index in [-0.39, 0.29) is 17.3 Å². The van der Waals surface area contributed by atoms with Crippen LogP contribution in [0.5, 0.6) is 0 Å². The Morgan fingerprint density at radius 3 is 2.52 bits per heavy atom. The largest absolute Gasteiger partial charge is 0.379 e. The third-order valence-corrected chi connectivity index (χ3v) is 7.36. The molecule has 2 saturated heterocycles. The minimum atomic E-state index is -3.66. The normalized spacial score (nSPS) is 18.0. The fraction of sp³-hybridized carbons (Fsp3) is 0.435. The lowest BCUT2D eigenvalue weighted by Gasteiger charge is -2.26. The Labute approximate surface area is 184 Å². The topological polar surface area (TPSA) is 79.0 Å². The summed E-state index contributed by atoms with van der Waals surface area (Å²) in [6.45, 7) is 6.84. The number of hydrogen-bond acceptors (Lipinski definition) is 5. The Kier molecular flexibility index (Phi) is 6.71. The summed E-state index contributed by atoms with van der Waals surface area (Å²) in [5, 5.41) is 0. The highest BCUT2D eigenvalue weighted by molar-refractivity contribution is 7.89. The monoisotopic (exact) mass is 443 g/mol. The molecule has 2 aromatic rings. The van der Waals surface area contributed by atoms with E-state index in [1.165, 1.54) is 0 Å². The van der Waals surface area contributed by atoms with Crippen molar-refractivity contribution < 1.29 is 17.9 Å². The molecule has 0 atom stereocenters. The van der Waals surface area contributed by atoms with Crippen LogP contribution in [0.1, 0.15) is 29.5 Å². The lowest BCUT2D eigenvalue weighted by atomic mass is 10.1. The second-order valence-corrected chi connectivity index (χ2v) is 9.87. The highest BCUT2D eigenvalue weighted by Crippen LogP contribution is 2.26. The molecule has 1 amide bonds.